The van der Waals surface area contributed by atoms with Gasteiger partial charge in [0.25, 0.3) is 0 Å². The van der Waals surface area contributed by atoms with E-state index in [9.17, 15) is 0 Å². The molecule has 1 heterocycles. The number of fused-ring (bicyclic) bond motifs is 1. The van der Waals surface area contributed by atoms with Crippen LogP contribution in [0.2, 0.25) is 0 Å². The van der Waals surface area contributed by atoms with Gasteiger partial charge in [0, 0.05) is 6.61 Å². The number of rotatable bonds is 4. The molecule has 0 aromatic heterocycles. The summed E-state index contributed by atoms with van der Waals surface area (Å²) in [5.41, 5.74) is 2.77. The van der Waals surface area contributed by atoms with Crippen LogP contribution in [0.15, 0.2) is 24.3 Å². The smallest absolute Gasteiger partial charge is 0.0827 e. The Balaban J connectivity index is 2.01. The van der Waals surface area contributed by atoms with Gasteiger partial charge in [-0.05, 0) is 36.3 Å². The Labute approximate surface area is 97.3 Å². The molecular weight excluding hydrogens is 200 g/mol. The average molecular weight is 220 g/mol. The fourth-order valence-corrected chi connectivity index (χ4v) is 2.24. The quantitative estimate of drug-likeness (QED) is 0.845. The van der Waals surface area contributed by atoms with Crippen molar-refractivity contribution in [3.63, 3.8) is 0 Å². The summed E-state index contributed by atoms with van der Waals surface area (Å²) < 4.78 is 5.82. The van der Waals surface area contributed by atoms with Crippen LogP contribution < -0.4 is 0 Å². The van der Waals surface area contributed by atoms with Gasteiger partial charge in [0.2, 0.25) is 0 Å². The second kappa shape index (κ2) is 5.46. The zero-order chi connectivity index (χ0) is 11.4. The minimum absolute atomic E-state index is 0.235. The first-order valence-corrected chi connectivity index (χ1v) is 6.11. The highest BCUT2D eigenvalue weighted by Crippen LogP contribution is 2.31. The molecule has 0 radical (unpaired) electrons. The second-order valence-corrected chi connectivity index (χ2v) is 4.67. The molecule has 0 fully saturated rings. The third-order valence-corrected chi connectivity index (χ3v) is 3.33. The van der Waals surface area contributed by atoms with Gasteiger partial charge in [0.1, 0.15) is 0 Å². The Kier molecular flexibility index (Phi) is 3.97. The topological polar surface area (TPSA) is 29.5 Å². The SMILES string of the molecule is CC(CO)CCC1OCCc2ccccc21. The maximum Gasteiger partial charge on any atom is 0.0827 e. The first-order chi connectivity index (χ1) is 7.81. The summed E-state index contributed by atoms with van der Waals surface area (Å²) in [4.78, 5) is 0. The first-order valence-electron chi connectivity index (χ1n) is 6.11. The van der Waals surface area contributed by atoms with Crippen LogP contribution in [0.1, 0.15) is 37.0 Å². The molecule has 0 spiro atoms. The van der Waals surface area contributed by atoms with Gasteiger partial charge >= 0.3 is 0 Å². The standard InChI is InChI=1S/C14H20O2/c1-11(10-15)6-7-14-13-5-3-2-4-12(13)8-9-16-14/h2-5,11,14-15H,6-10H2,1H3. The molecular formula is C14H20O2. The van der Waals surface area contributed by atoms with Crippen molar-refractivity contribution in [3.05, 3.63) is 35.4 Å². The van der Waals surface area contributed by atoms with Crippen LogP contribution in [-0.4, -0.2) is 18.3 Å². The van der Waals surface area contributed by atoms with Crippen LogP contribution in [-0.2, 0) is 11.2 Å². The van der Waals surface area contributed by atoms with E-state index in [4.69, 9.17) is 9.84 Å². The average Bonchev–Trinajstić information content (AvgIpc) is 2.35. The molecule has 1 aliphatic rings. The van der Waals surface area contributed by atoms with Crippen LogP contribution in [0.4, 0.5) is 0 Å². The molecule has 0 aliphatic carbocycles. The van der Waals surface area contributed by atoms with Crippen molar-refractivity contribution < 1.29 is 9.84 Å². The fraction of sp³-hybridized carbons (Fsp3) is 0.571. The van der Waals surface area contributed by atoms with Gasteiger partial charge in [-0.1, -0.05) is 31.2 Å². The van der Waals surface area contributed by atoms with Gasteiger partial charge in [-0.25, -0.2) is 0 Å². The van der Waals surface area contributed by atoms with E-state index in [2.05, 4.69) is 31.2 Å². The zero-order valence-electron chi connectivity index (χ0n) is 9.86. The summed E-state index contributed by atoms with van der Waals surface area (Å²) in [6.07, 6.45) is 3.30. The fourth-order valence-electron chi connectivity index (χ4n) is 2.24. The summed E-state index contributed by atoms with van der Waals surface area (Å²) in [5, 5.41) is 9.02. The third kappa shape index (κ3) is 2.63. The molecule has 0 saturated carbocycles. The molecule has 16 heavy (non-hydrogen) atoms. The number of hydrogen-bond acceptors (Lipinski definition) is 2. The Morgan fingerprint density at radius 1 is 1.44 bits per heavy atom. The van der Waals surface area contributed by atoms with Crippen molar-refractivity contribution in [1.29, 1.82) is 0 Å². The maximum atomic E-state index is 9.02. The van der Waals surface area contributed by atoms with E-state index in [0.29, 0.717) is 5.92 Å². The van der Waals surface area contributed by atoms with E-state index in [1.807, 2.05) is 0 Å². The van der Waals surface area contributed by atoms with Crippen LogP contribution >= 0.6 is 0 Å². The van der Waals surface area contributed by atoms with Crippen molar-refractivity contribution >= 4 is 0 Å². The molecule has 2 atom stereocenters. The Hall–Kier alpha value is -0.860. The molecule has 1 N–H and O–H groups in total. The Morgan fingerprint density at radius 2 is 2.25 bits per heavy atom. The Morgan fingerprint density at radius 3 is 3.06 bits per heavy atom. The summed E-state index contributed by atoms with van der Waals surface area (Å²) in [6.45, 7) is 3.18. The number of benzene rings is 1. The predicted molar refractivity (Wildman–Crippen MR) is 64.3 cm³/mol. The minimum atomic E-state index is 0.235. The van der Waals surface area contributed by atoms with Crippen molar-refractivity contribution in [2.45, 2.75) is 32.3 Å². The van der Waals surface area contributed by atoms with Crippen molar-refractivity contribution in [1.82, 2.24) is 0 Å². The van der Waals surface area contributed by atoms with Gasteiger partial charge in [0.15, 0.2) is 0 Å². The van der Waals surface area contributed by atoms with Crippen molar-refractivity contribution in [2.75, 3.05) is 13.2 Å². The van der Waals surface area contributed by atoms with E-state index < -0.39 is 0 Å². The monoisotopic (exact) mass is 220 g/mol. The van der Waals surface area contributed by atoms with Gasteiger partial charge < -0.3 is 9.84 Å². The Bertz CT molecular complexity index is 335. The number of ether oxygens (including phenoxy) is 1. The van der Waals surface area contributed by atoms with Gasteiger partial charge in [-0.15, -0.1) is 0 Å². The normalized spacial score (nSPS) is 21.5. The van der Waals surface area contributed by atoms with E-state index in [1.165, 1.54) is 11.1 Å². The van der Waals surface area contributed by atoms with Gasteiger partial charge in [-0.2, -0.15) is 0 Å². The lowest BCUT2D eigenvalue weighted by Gasteiger charge is -2.26. The highest BCUT2D eigenvalue weighted by Gasteiger charge is 2.20. The summed E-state index contributed by atoms with van der Waals surface area (Å²) in [7, 11) is 0. The number of hydrogen-bond donors (Lipinski definition) is 1. The van der Waals surface area contributed by atoms with E-state index in [1.54, 1.807) is 0 Å². The van der Waals surface area contributed by atoms with E-state index in [-0.39, 0.29) is 12.7 Å². The molecule has 1 aliphatic heterocycles. The molecule has 2 unspecified atom stereocenters. The zero-order valence-corrected chi connectivity index (χ0v) is 9.86. The second-order valence-electron chi connectivity index (χ2n) is 4.67. The lowest BCUT2D eigenvalue weighted by Crippen LogP contribution is -2.17. The minimum Gasteiger partial charge on any atom is -0.396 e. The highest BCUT2D eigenvalue weighted by molar-refractivity contribution is 5.30. The van der Waals surface area contributed by atoms with Crippen molar-refractivity contribution in [2.24, 2.45) is 5.92 Å². The largest absolute Gasteiger partial charge is 0.396 e. The van der Waals surface area contributed by atoms with Gasteiger partial charge in [-0.3, -0.25) is 0 Å². The molecule has 0 bridgehead atoms. The van der Waals surface area contributed by atoms with Crippen LogP contribution in [0, 0.1) is 5.92 Å². The molecule has 2 rings (SSSR count). The molecule has 2 nitrogen and oxygen atoms in total. The van der Waals surface area contributed by atoms with E-state index >= 15 is 0 Å². The van der Waals surface area contributed by atoms with E-state index in [0.717, 1.165) is 25.9 Å². The summed E-state index contributed by atoms with van der Waals surface area (Å²) in [5.74, 6) is 0.373. The molecule has 2 heteroatoms. The van der Waals surface area contributed by atoms with Crippen molar-refractivity contribution in [3.8, 4) is 0 Å². The molecule has 88 valence electrons. The first kappa shape index (κ1) is 11.6. The maximum absolute atomic E-state index is 9.02. The number of aliphatic hydroxyl groups excluding tert-OH is 1. The highest BCUT2D eigenvalue weighted by atomic mass is 16.5. The van der Waals surface area contributed by atoms with Gasteiger partial charge in [0.05, 0.1) is 12.7 Å². The number of aliphatic hydroxyl groups is 1. The summed E-state index contributed by atoms with van der Waals surface area (Å²) >= 11 is 0. The van der Waals surface area contributed by atoms with Crippen LogP contribution in [0.25, 0.3) is 0 Å². The van der Waals surface area contributed by atoms with Crippen LogP contribution in [0.3, 0.4) is 0 Å². The summed E-state index contributed by atoms with van der Waals surface area (Å²) in [6, 6.07) is 8.54. The molecule has 0 saturated heterocycles. The van der Waals surface area contributed by atoms with Crippen LogP contribution in [0.5, 0.6) is 0 Å². The molecule has 0 amide bonds. The molecule has 1 aromatic carbocycles. The predicted octanol–water partition coefficient (Wildman–Crippen LogP) is 2.71. The lowest BCUT2D eigenvalue weighted by atomic mass is 9.93. The lowest BCUT2D eigenvalue weighted by molar-refractivity contribution is 0.0308. The molecule has 1 aromatic rings. The third-order valence-electron chi connectivity index (χ3n) is 3.33.